The molecule has 0 unspecified atom stereocenters. The van der Waals surface area contributed by atoms with Crippen molar-refractivity contribution in [3.8, 4) is 0 Å². The van der Waals surface area contributed by atoms with Crippen molar-refractivity contribution in [2.24, 2.45) is 5.73 Å². The molecule has 0 aromatic heterocycles. The molecular weight excluding hydrogens is 200 g/mol. The number of amides is 2. The van der Waals surface area contributed by atoms with Gasteiger partial charge in [0.2, 0.25) is 11.8 Å². The molecule has 0 radical (unpaired) electrons. The van der Waals surface area contributed by atoms with E-state index in [1.54, 1.807) is 0 Å². The number of carbonyl (C=O) groups excluding carboxylic acids is 3. The van der Waals surface area contributed by atoms with Crippen molar-refractivity contribution in [3.63, 3.8) is 0 Å². The first kappa shape index (κ1) is 13.6. The van der Waals surface area contributed by atoms with E-state index in [1.165, 1.54) is 6.92 Å². The zero-order chi connectivity index (χ0) is 11.8. The first-order valence-corrected chi connectivity index (χ1v) is 4.66. The highest BCUT2D eigenvalue weighted by molar-refractivity contribution is 5.87. The normalized spacial score (nSPS) is 11.9. The van der Waals surface area contributed by atoms with E-state index < -0.39 is 17.9 Å². The van der Waals surface area contributed by atoms with Crippen molar-refractivity contribution in [2.75, 3.05) is 6.61 Å². The summed E-state index contributed by atoms with van der Waals surface area (Å²) >= 11 is 0. The van der Waals surface area contributed by atoms with Gasteiger partial charge >= 0.3 is 0 Å². The molecule has 0 saturated carbocycles. The Morgan fingerprint density at radius 1 is 1.33 bits per heavy atom. The van der Waals surface area contributed by atoms with Crippen molar-refractivity contribution in [1.82, 2.24) is 5.32 Å². The van der Waals surface area contributed by atoms with E-state index >= 15 is 0 Å². The fourth-order valence-electron chi connectivity index (χ4n) is 1.00. The molecule has 2 amide bonds. The molecule has 1 atom stereocenters. The zero-order valence-corrected chi connectivity index (χ0v) is 8.66. The minimum absolute atomic E-state index is 0.0716. The van der Waals surface area contributed by atoms with Crippen LogP contribution < -0.4 is 11.1 Å². The molecular formula is C9H16N2O4. The molecule has 0 aliphatic carbocycles. The number of carbonyl (C=O) groups is 3. The molecule has 0 spiro atoms. The topological polar surface area (TPSA) is 109 Å². The van der Waals surface area contributed by atoms with Gasteiger partial charge in [0.15, 0.2) is 0 Å². The molecule has 4 N–H and O–H groups in total. The van der Waals surface area contributed by atoms with Gasteiger partial charge in [-0.25, -0.2) is 0 Å². The molecule has 0 aliphatic rings. The summed E-state index contributed by atoms with van der Waals surface area (Å²) in [6, 6.07) is -0.840. The average molecular weight is 216 g/mol. The van der Waals surface area contributed by atoms with Crippen LogP contribution in [0.1, 0.15) is 26.2 Å². The number of Topliss-reactive ketones (excluding diaryl/α,β-unsaturated/α-hetero) is 1. The molecule has 6 nitrogen and oxygen atoms in total. The first-order valence-electron chi connectivity index (χ1n) is 4.66. The Bertz CT molecular complexity index is 252. The highest BCUT2D eigenvalue weighted by Gasteiger charge is 2.17. The highest BCUT2D eigenvalue weighted by Crippen LogP contribution is 1.98. The second-order valence-electron chi connectivity index (χ2n) is 3.24. The van der Waals surface area contributed by atoms with Crippen LogP contribution in [0.4, 0.5) is 0 Å². The molecule has 6 heteroatoms. The number of nitrogens with one attached hydrogen (secondary N) is 1. The second-order valence-corrected chi connectivity index (χ2v) is 3.24. The van der Waals surface area contributed by atoms with Gasteiger partial charge in [-0.2, -0.15) is 0 Å². The van der Waals surface area contributed by atoms with Crippen molar-refractivity contribution < 1.29 is 19.5 Å². The number of nitrogens with two attached hydrogens (primary N) is 1. The predicted octanol–water partition coefficient (Wildman–Crippen LogP) is -1.29. The molecule has 0 rings (SSSR count). The Hall–Kier alpha value is -1.43. The van der Waals surface area contributed by atoms with Crippen LogP contribution in [0, 0.1) is 0 Å². The minimum atomic E-state index is -0.840. The van der Waals surface area contributed by atoms with E-state index in [4.69, 9.17) is 10.8 Å². The van der Waals surface area contributed by atoms with Crippen LogP contribution in [0.5, 0.6) is 0 Å². The van der Waals surface area contributed by atoms with Gasteiger partial charge in [0.1, 0.15) is 11.8 Å². The van der Waals surface area contributed by atoms with Gasteiger partial charge in [0.05, 0.1) is 6.61 Å². The third kappa shape index (κ3) is 6.62. The number of hydrogen-bond acceptors (Lipinski definition) is 4. The van der Waals surface area contributed by atoms with E-state index in [0.717, 1.165) is 0 Å². The highest BCUT2D eigenvalue weighted by atomic mass is 16.3. The van der Waals surface area contributed by atoms with Gasteiger partial charge in [0, 0.05) is 12.8 Å². The number of primary amides is 1. The summed E-state index contributed by atoms with van der Waals surface area (Å²) in [6.45, 7) is 1.11. The maximum Gasteiger partial charge on any atom is 0.240 e. The van der Waals surface area contributed by atoms with Crippen molar-refractivity contribution in [1.29, 1.82) is 0 Å². The summed E-state index contributed by atoms with van der Waals surface area (Å²) in [4.78, 5) is 32.6. The number of aliphatic hydroxyl groups excluding tert-OH is 1. The standard InChI is InChI=1S/C9H16N2O4/c1-6(13)2-3-7(9(10)15)11-8(14)4-5-12/h7,12H,2-5H2,1H3,(H2,10,15)(H,11,14)/t7-/m0/s1. The van der Waals surface area contributed by atoms with Crippen LogP contribution in [0.25, 0.3) is 0 Å². The fraction of sp³-hybridized carbons (Fsp3) is 0.667. The SMILES string of the molecule is CC(=O)CC[C@H](NC(=O)CCO)C(N)=O. The lowest BCUT2D eigenvalue weighted by Gasteiger charge is -2.14. The lowest BCUT2D eigenvalue weighted by molar-refractivity contribution is -0.128. The van der Waals surface area contributed by atoms with Crippen LogP contribution in [0.15, 0.2) is 0 Å². The number of ketones is 1. The zero-order valence-electron chi connectivity index (χ0n) is 8.66. The first-order chi connectivity index (χ1) is 6.97. The van der Waals surface area contributed by atoms with Gasteiger partial charge in [-0.3, -0.25) is 9.59 Å². The Morgan fingerprint density at radius 2 is 1.93 bits per heavy atom. The third-order valence-electron chi connectivity index (χ3n) is 1.80. The largest absolute Gasteiger partial charge is 0.396 e. The van der Waals surface area contributed by atoms with E-state index in [9.17, 15) is 14.4 Å². The molecule has 0 aliphatic heterocycles. The minimum Gasteiger partial charge on any atom is -0.396 e. The summed E-state index contributed by atoms with van der Waals surface area (Å²) < 4.78 is 0. The Labute approximate surface area is 87.8 Å². The van der Waals surface area contributed by atoms with E-state index in [1.807, 2.05) is 0 Å². The summed E-state index contributed by atoms with van der Waals surface area (Å²) in [5.74, 6) is -1.20. The van der Waals surface area contributed by atoms with E-state index in [0.29, 0.717) is 0 Å². The molecule has 0 heterocycles. The lowest BCUT2D eigenvalue weighted by Crippen LogP contribution is -2.44. The van der Waals surface area contributed by atoms with Crippen molar-refractivity contribution >= 4 is 17.6 Å². The van der Waals surface area contributed by atoms with Crippen molar-refractivity contribution in [2.45, 2.75) is 32.2 Å². The second kappa shape index (κ2) is 6.94. The van der Waals surface area contributed by atoms with Crippen LogP contribution in [0.2, 0.25) is 0 Å². The summed E-state index contributed by atoms with van der Waals surface area (Å²) in [5.41, 5.74) is 5.04. The van der Waals surface area contributed by atoms with Gasteiger partial charge in [-0.1, -0.05) is 0 Å². The van der Waals surface area contributed by atoms with Gasteiger partial charge in [-0.05, 0) is 13.3 Å². The van der Waals surface area contributed by atoms with Crippen LogP contribution in [-0.2, 0) is 14.4 Å². The number of hydrogen-bond donors (Lipinski definition) is 3. The Balaban J connectivity index is 4.10. The molecule has 0 aromatic carbocycles. The maximum atomic E-state index is 11.0. The number of aliphatic hydroxyl groups is 1. The lowest BCUT2D eigenvalue weighted by atomic mass is 10.1. The summed E-state index contributed by atoms with van der Waals surface area (Å²) in [6.07, 6.45) is 0.304. The average Bonchev–Trinajstić information content (AvgIpc) is 2.11. The van der Waals surface area contributed by atoms with Gasteiger partial charge in [-0.15, -0.1) is 0 Å². The summed E-state index contributed by atoms with van der Waals surface area (Å²) in [5, 5.41) is 10.8. The van der Waals surface area contributed by atoms with Crippen LogP contribution >= 0.6 is 0 Å². The number of rotatable bonds is 7. The van der Waals surface area contributed by atoms with E-state index in [-0.39, 0.29) is 31.7 Å². The van der Waals surface area contributed by atoms with E-state index in [2.05, 4.69) is 5.32 Å². The molecule has 86 valence electrons. The molecule has 15 heavy (non-hydrogen) atoms. The van der Waals surface area contributed by atoms with Crippen LogP contribution in [-0.4, -0.2) is 35.4 Å². The maximum absolute atomic E-state index is 11.0. The quantitative estimate of drug-likeness (QED) is 0.491. The van der Waals surface area contributed by atoms with Gasteiger partial charge in [0.25, 0.3) is 0 Å². The summed E-state index contributed by atoms with van der Waals surface area (Å²) in [7, 11) is 0. The Kier molecular flexibility index (Phi) is 6.28. The van der Waals surface area contributed by atoms with Gasteiger partial charge < -0.3 is 21.0 Å². The molecule has 0 fully saturated rings. The Morgan fingerprint density at radius 3 is 2.33 bits per heavy atom. The monoisotopic (exact) mass is 216 g/mol. The molecule has 0 bridgehead atoms. The molecule has 0 aromatic rings. The third-order valence-corrected chi connectivity index (χ3v) is 1.80. The smallest absolute Gasteiger partial charge is 0.240 e. The van der Waals surface area contributed by atoms with Crippen LogP contribution in [0.3, 0.4) is 0 Å². The fourth-order valence-corrected chi connectivity index (χ4v) is 1.00. The predicted molar refractivity (Wildman–Crippen MR) is 52.7 cm³/mol. The molecule has 0 saturated heterocycles. The van der Waals surface area contributed by atoms with Crippen molar-refractivity contribution in [3.05, 3.63) is 0 Å².